The number of para-hydroxylation sites is 1. The third kappa shape index (κ3) is 2.69. The van der Waals surface area contributed by atoms with E-state index in [1.807, 2.05) is 0 Å². The Labute approximate surface area is 110 Å². The molecule has 1 aromatic rings. The van der Waals surface area contributed by atoms with E-state index in [0.29, 0.717) is 0 Å². The fourth-order valence-electron chi connectivity index (χ4n) is 3.37. The minimum absolute atomic E-state index is 0.768. The van der Waals surface area contributed by atoms with Crippen molar-refractivity contribution >= 4 is 5.69 Å². The SMILES string of the molecule is c1ccc2c(c1)NCCC2CCN1CCCCC1. The molecule has 0 bridgehead atoms. The fourth-order valence-corrected chi connectivity index (χ4v) is 3.37. The van der Waals surface area contributed by atoms with E-state index in [-0.39, 0.29) is 0 Å². The molecule has 0 radical (unpaired) electrons. The lowest BCUT2D eigenvalue weighted by atomic mass is 9.88. The van der Waals surface area contributed by atoms with Crippen LogP contribution < -0.4 is 5.32 Å². The van der Waals surface area contributed by atoms with Gasteiger partial charge in [0.2, 0.25) is 0 Å². The van der Waals surface area contributed by atoms with Crippen molar-refractivity contribution in [3.05, 3.63) is 29.8 Å². The number of fused-ring (bicyclic) bond motifs is 1. The summed E-state index contributed by atoms with van der Waals surface area (Å²) in [5.74, 6) is 0.768. The summed E-state index contributed by atoms with van der Waals surface area (Å²) >= 11 is 0. The molecule has 2 aliphatic rings. The summed E-state index contributed by atoms with van der Waals surface area (Å²) in [6.07, 6.45) is 6.88. The quantitative estimate of drug-likeness (QED) is 0.876. The molecule has 2 heterocycles. The van der Waals surface area contributed by atoms with E-state index in [4.69, 9.17) is 0 Å². The number of likely N-dealkylation sites (tertiary alicyclic amines) is 1. The number of piperidine rings is 1. The van der Waals surface area contributed by atoms with Gasteiger partial charge in [-0.2, -0.15) is 0 Å². The Balaban J connectivity index is 1.60. The van der Waals surface area contributed by atoms with Gasteiger partial charge in [-0.1, -0.05) is 24.6 Å². The molecule has 1 N–H and O–H groups in total. The Hall–Kier alpha value is -1.02. The second-order valence-corrected chi connectivity index (χ2v) is 5.69. The van der Waals surface area contributed by atoms with Gasteiger partial charge in [0.25, 0.3) is 0 Å². The summed E-state index contributed by atoms with van der Waals surface area (Å²) in [6.45, 7) is 5.08. The summed E-state index contributed by atoms with van der Waals surface area (Å²) < 4.78 is 0. The summed E-state index contributed by atoms with van der Waals surface area (Å²) in [5.41, 5.74) is 2.91. The average Bonchev–Trinajstić information content (AvgIpc) is 2.46. The zero-order chi connectivity index (χ0) is 12.2. The average molecular weight is 244 g/mol. The highest BCUT2D eigenvalue weighted by atomic mass is 15.1. The van der Waals surface area contributed by atoms with Gasteiger partial charge < -0.3 is 10.2 Å². The normalized spacial score (nSPS) is 24.3. The van der Waals surface area contributed by atoms with E-state index >= 15 is 0 Å². The van der Waals surface area contributed by atoms with Gasteiger partial charge in [0.15, 0.2) is 0 Å². The van der Waals surface area contributed by atoms with Gasteiger partial charge in [0, 0.05) is 12.2 Å². The topological polar surface area (TPSA) is 15.3 Å². The van der Waals surface area contributed by atoms with Gasteiger partial charge in [0.1, 0.15) is 0 Å². The van der Waals surface area contributed by atoms with Gasteiger partial charge in [-0.3, -0.25) is 0 Å². The van der Waals surface area contributed by atoms with Crippen molar-refractivity contribution in [3.8, 4) is 0 Å². The van der Waals surface area contributed by atoms with Crippen LogP contribution in [0.4, 0.5) is 5.69 Å². The van der Waals surface area contributed by atoms with E-state index in [1.165, 1.54) is 57.4 Å². The van der Waals surface area contributed by atoms with Crippen molar-refractivity contribution in [1.82, 2.24) is 4.90 Å². The zero-order valence-corrected chi connectivity index (χ0v) is 11.2. The maximum absolute atomic E-state index is 3.52. The first-order valence-corrected chi connectivity index (χ1v) is 7.48. The molecule has 2 nitrogen and oxygen atoms in total. The minimum atomic E-state index is 0.768. The summed E-state index contributed by atoms with van der Waals surface area (Å²) in [7, 11) is 0. The second-order valence-electron chi connectivity index (χ2n) is 5.69. The zero-order valence-electron chi connectivity index (χ0n) is 11.2. The third-order valence-electron chi connectivity index (χ3n) is 4.45. The molecule has 1 unspecified atom stereocenters. The summed E-state index contributed by atoms with van der Waals surface area (Å²) in [5, 5.41) is 3.52. The molecule has 2 heteroatoms. The lowest BCUT2D eigenvalue weighted by Gasteiger charge is -2.31. The molecular weight excluding hydrogens is 220 g/mol. The molecule has 98 valence electrons. The summed E-state index contributed by atoms with van der Waals surface area (Å²) in [6, 6.07) is 8.85. The van der Waals surface area contributed by atoms with Crippen LogP contribution in [-0.4, -0.2) is 31.1 Å². The molecule has 0 aromatic heterocycles. The van der Waals surface area contributed by atoms with Crippen LogP contribution in [0.25, 0.3) is 0 Å². The number of hydrogen-bond donors (Lipinski definition) is 1. The highest BCUT2D eigenvalue weighted by Crippen LogP contribution is 2.33. The van der Waals surface area contributed by atoms with Crippen molar-refractivity contribution in [2.75, 3.05) is 31.5 Å². The lowest BCUT2D eigenvalue weighted by Crippen LogP contribution is -2.32. The molecule has 18 heavy (non-hydrogen) atoms. The maximum Gasteiger partial charge on any atom is 0.0375 e. The predicted molar refractivity (Wildman–Crippen MR) is 77.2 cm³/mol. The van der Waals surface area contributed by atoms with E-state index in [1.54, 1.807) is 5.56 Å². The van der Waals surface area contributed by atoms with Gasteiger partial charge >= 0.3 is 0 Å². The van der Waals surface area contributed by atoms with E-state index in [9.17, 15) is 0 Å². The number of hydrogen-bond acceptors (Lipinski definition) is 2. The maximum atomic E-state index is 3.52. The highest BCUT2D eigenvalue weighted by Gasteiger charge is 2.20. The fraction of sp³-hybridized carbons (Fsp3) is 0.625. The van der Waals surface area contributed by atoms with Crippen LogP contribution in [0.15, 0.2) is 24.3 Å². The number of anilines is 1. The van der Waals surface area contributed by atoms with Crippen molar-refractivity contribution < 1.29 is 0 Å². The first-order chi connectivity index (χ1) is 8.93. The molecule has 0 saturated carbocycles. The highest BCUT2D eigenvalue weighted by molar-refractivity contribution is 5.54. The monoisotopic (exact) mass is 244 g/mol. The van der Waals surface area contributed by atoms with Crippen LogP contribution in [0, 0.1) is 0 Å². The molecule has 2 aliphatic heterocycles. The molecule has 1 saturated heterocycles. The van der Waals surface area contributed by atoms with Crippen molar-refractivity contribution in [1.29, 1.82) is 0 Å². The van der Waals surface area contributed by atoms with Crippen LogP contribution >= 0.6 is 0 Å². The standard InChI is InChI=1S/C16H24N2/c1-4-11-18(12-5-1)13-9-14-8-10-17-16-7-3-2-6-15(14)16/h2-3,6-7,14,17H,1,4-5,8-13H2. The second kappa shape index (κ2) is 5.75. The van der Waals surface area contributed by atoms with Gasteiger partial charge in [-0.05, 0) is 62.9 Å². The Morgan fingerprint density at radius 3 is 2.83 bits per heavy atom. The number of benzene rings is 1. The number of nitrogens with one attached hydrogen (secondary N) is 1. The van der Waals surface area contributed by atoms with Gasteiger partial charge in [0.05, 0.1) is 0 Å². The Morgan fingerprint density at radius 2 is 1.94 bits per heavy atom. The van der Waals surface area contributed by atoms with Crippen molar-refractivity contribution in [3.63, 3.8) is 0 Å². The molecule has 3 rings (SSSR count). The van der Waals surface area contributed by atoms with Crippen LogP contribution in [0.1, 0.15) is 43.6 Å². The van der Waals surface area contributed by atoms with Crippen LogP contribution in [0.3, 0.4) is 0 Å². The first-order valence-electron chi connectivity index (χ1n) is 7.48. The van der Waals surface area contributed by atoms with E-state index in [2.05, 4.69) is 34.5 Å². The molecular formula is C16H24N2. The van der Waals surface area contributed by atoms with Gasteiger partial charge in [-0.25, -0.2) is 0 Å². The summed E-state index contributed by atoms with van der Waals surface area (Å²) in [4.78, 5) is 2.66. The third-order valence-corrected chi connectivity index (χ3v) is 4.45. The minimum Gasteiger partial charge on any atom is -0.385 e. The molecule has 0 spiro atoms. The van der Waals surface area contributed by atoms with Crippen LogP contribution in [0.5, 0.6) is 0 Å². The molecule has 1 atom stereocenters. The molecule has 0 amide bonds. The predicted octanol–water partition coefficient (Wildman–Crippen LogP) is 3.46. The van der Waals surface area contributed by atoms with Crippen LogP contribution in [0.2, 0.25) is 0 Å². The molecule has 0 aliphatic carbocycles. The number of nitrogens with zero attached hydrogens (tertiary/aromatic N) is 1. The molecule has 1 aromatic carbocycles. The Bertz CT molecular complexity index is 382. The number of rotatable bonds is 3. The Morgan fingerprint density at radius 1 is 1.11 bits per heavy atom. The Kier molecular flexibility index (Phi) is 3.84. The van der Waals surface area contributed by atoms with Gasteiger partial charge in [-0.15, -0.1) is 0 Å². The largest absolute Gasteiger partial charge is 0.385 e. The first kappa shape index (κ1) is 12.0. The van der Waals surface area contributed by atoms with Crippen molar-refractivity contribution in [2.45, 2.75) is 38.0 Å². The van der Waals surface area contributed by atoms with Crippen molar-refractivity contribution in [2.24, 2.45) is 0 Å². The lowest BCUT2D eigenvalue weighted by molar-refractivity contribution is 0.220. The van der Waals surface area contributed by atoms with E-state index < -0.39 is 0 Å². The van der Waals surface area contributed by atoms with Crippen LogP contribution in [-0.2, 0) is 0 Å². The molecule has 1 fully saturated rings. The smallest absolute Gasteiger partial charge is 0.0375 e. The van der Waals surface area contributed by atoms with E-state index in [0.717, 1.165) is 12.5 Å².